The second-order valence-electron chi connectivity index (χ2n) is 6.04. The van der Waals surface area contributed by atoms with Gasteiger partial charge in [0.25, 0.3) is 0 Å². The highest BCUT2D eigenvalue weighted by Gasteiger charge is 2.33. The highest BCUT2D eigenvalue weighted by molar-refractivity contribution is 6.03. The van der Waals surface area contributed by atoms with E-state index >= 15 is 0 Å². The van der Waals surface area contributed by atoms with Crippen LogP contribution in [0.1, 0.15) is 28.4 Å². The van der Waals surface area contributed by atoms with Crippen LogP contribution in [0.5, 0.6) is 28.7 Å². The maximum atomic E-state index is 12.7. The fourth-order valence-corrected chi connectivity index (χ4v) is 2.78. The van der Waals surface area contributed by atoms with Gasteiger partial charge in [0, 0.05) is 12.1 Å². The van der Waals surface area contributed by atoms with Crippen molar-refractivity contribution in [3.63, 3.8) is 0 Å². The van der Waals surface area contributed by atoms with Gasteiger partial charge in [-0.15, -0.1) is 0 Å². The van der Waals surface area contributed by atoms with Crippen molar-refractivity contribution in [3.05, 3.63) is 41.5 Å². The van der Waals surface area contributed by atoms with Crippen molar-refractivity contribution in [2.75, 3.05) is 13.2 Å². The largest absolute Gasteiger partial charge is 0.504 e. The van der Waals surface area contributed by atoms with E-state index in [2.05, 4.69) is 0 Å². The first-order valence-corrected chi connectivity index (χ1v) is 8.35. The summed E-state index contributed by atoms with van der Waals surface area (Å²) < 4.78 is 15.6. The second-order valence-corrected chi connectivity index (χ2v) is 6.04. The molecule has 0 saturated heterocycles. The standard InChI is InChI=1S/C19H16O10/c20-7-17(25)27-10-4-15-19(16(5-10)29-18(26)8-21)13(24)6-14(28-15)9-1-2-11(22)12(23)3-9/h1-5,14,20-23H,6-8H2. The Bertz CT molecular complexity index is 981. The minimum Gasteiger partial charge on any atom is -0.504 e. The molecule has 1 aliphatic rings. The van der Waals surface area contributed by atoms with Crippen molar-refractivity contribution in [3.8, 4) is 28.7 Å². The smallest absolute Gasteiger partial charge is 0.337 e. The summed E-state index contributed by atoms with van der Waals surface area (Å²) in [4.78, 5) is 35.6. The molecule has 0 aliphatic carbocycles. The lowest BCUT2D eigenvalue weighted by molar-refractivity contribution is -0.137. The van der Waals surface area contributed by atoms with Crippen LogP contribution in [-0.4, -0.2) is 51.4 Å². The van der Waals surface area contributed by atoms with Crippen molar-refractivity contribution >= 4 is 17.7 Å². The van der Waals surface area contributed by atoms with E-state index in [0.29, 0.717) is 5.56 Å². The molecule has 2 aromatic carbocycles. The third-order valence-corrected chi connectivity index (χ3v) is 4.04. The molecule has 4 N–H and O–H groups in total. The number of benzene rings is 2. The number of hydrogen-bond donors (Lipinski definition) is 4. The fraction of sp³-hybridized carbons (Fsp3) is 0.211. The van der Waals surface area contributed by atoms with Crippen molar-refractivity contribution in [2.24, 2.45) is 0 Å². The van der Waals surface area contributed by atoms with Crippen LogP contribution in [0, 0.1) is 0 Å². The van der Waals surface area contributed by atoms with Crippen LogP contribution in [0.15, 0.2) is 30.3 Å². The molecule has 1 aliphatic heterocycles. The topological polar surface area (TPSA) is 160 Å². The molecule has 0 fully saturated rings. The van der Waals surface area contributed by atoms with Gasteiger partial charge >= 0.3 is 11.9 Å². The van der Waals surface area contributed by atoms with Crippen molar-refractivity contribution in [2.45, 2.75) is 12.5 Å². The number of carbonyl (C=O) groups excluding carboxylic acids is 3. The van der Waals surface area contributed by atoms with Gasteiger partial charge in [-0.3, -0.25) is 4.79 Å². The Labute approximate surface area is 163 Å². The van der Waals surface area contributed by atoms with Crippen LogP contribution in [0.4, 0.5) is 0 Å². The monoisotopic (exact) mass is 404 g/mol. The number of ketones is 1. The maximum Gasteiger partial charge on any atom is 0.337 e. The summed E-state index contributed by atoms with van der Waals surface area (Å²) in [6.45, 7) is -1.85. The Kier molecular flexibility index (Phi) is 5.66. The lowest BCUT2D eigenvalue weighted by Gasteiger charge is -2.27. The molecule has 1 unspecified atom stereocenters. The molecule has 0 amide bonds. The number of aliphatic hydroxyl groups is 2. The van der Waals surface area contributed by atoms with E-state index in [1.165, 1.54) is 24.3 Å². The van der Waals surface area contributed by atoms with Crippen LogP contribution in [0.2, 0.25) is 0 Å². The summed E-state index contributed by atoms with van der Waals surface area (Å²) in [5.41, 5.74) is 0.306. The molecule has 10 nitrogen and oxygen atoms in total. The van der Waals surface area contributed by atoms with E-state index in [4.69, 9.17) is 24.4 Å². The van der Waals surface area contributed by atoms with Crippen LogP contribution in [0.25, 0.3) is 0 Å². The first-order chi connectivity index (χ1) is 13.8. The molecule has 2 aromatic rings. The second kappa shape index (κ2) is 8.17. The normalized spacial score (nSPS) is 15.2. The van der Waals surface area contributed by atoms with Crippen molar-refractivity contribution in [1.29, 1.82) is 0 Å². The Hall–Kier alpha value is -3.63. The minimum absolute atomic E-state index is 0.0669. The average molecular weight is 404 g/mol. The predicted octanol–water partition coefficient (Wildman–Crippen LogP) is 0.600. The number of rotatable bonds is 5. The molecule has 152 valence electrons. The van der Waals surface area contributed by atoms with Gasteiger partial charge in [0.1, 0.15) is 42.1 Å². The number of phenolic OH excluding ortho intramolecular Hbond substituents is 2. The van der Waals surface area contributed by atoms with Crippen LogP contribution in [-0.2, 0) is 9.59 Å². The minimum atomic E-state index is -1.05. The molecular weight excluding hydrogens is 388 g/mol. The van der Waals surface area contributed by atoms with E-state index in [0.717, 1.165) is 6.07 Å². The number of esters is 2. The molecule has 0 spiro atoms. The van der Waals surface area contributed by atoms with Crippen LogP contribution < -0.4 is 14.2 Å². The Balaban J connectivity index is 2.02. The zero-order valence-corrected chi connectivity index (χ0v) is 14.8. The molecule has 0 radical (unpaired) electrons. The first kappa shape index (κ1) is 20.1. The molecule has 0 saturated carbocycles. The average Bonchev–Trinajstić information content (AvgIpc) is 2.69. The van der Waals surface area contributed by atoms with Crippen molar-refractivity contribution < 1.29 is 49.0 Å². The van der Waals surface area contributed by atoms with Gasteiger partial charge in [-0.2, -0.15) is 0 Å². The Morgan fingerprint density at radius 2 is 1.69 bits per heavy atom. The first-order valence-electron chi connectivity index (χ1n) is 8.35. The van der Waals surface area contributed by atoms with E-state index in [1.807, 2.05) is 0 Å². The van der Waals surface area contributed by atoms with Crippen LogP contribution >= 0.6 is 0 Å². The summed E-state index contributed by atoms with van der Waals surface area (Å²) in [6.07, 6.45) is -1.01. The quantitative estimate of drug-likeness (QED) is 0.316. The molecule has 1 heterocycles. The number of fused-ring (bicyclic) bond motifs is 1. The molecular formula is C19H16O10. The zero-order valence-electron chi connectivity index (χ0n) is 14.8. The number of aromatic hydroxyl groups is 2. The van der Waals surface area contributed by atoms with Gasteiger partial charge in [0.05, 0.1) is 6.42 Å². The fourth-order valence-electron chi connectivity index (χ4n) is 2.78. The summed E-state index contributed by atoms with van der Waals surface area (Å²) >= 11 is 0. The number of ether oxygens (including phenoxy) is 3. The number of phenols is 2. The molecule has 1 atom stereocenters. The van der Waals surface area contributed by atoms with E-state index in [-0.39, 0.29) is 35.0 Å². The Morgan fingerprint density at radius 3 is 2.34 bits per heavy atom. The van der Waals surface area contributed by atoms with Gasteiger partial charge < -0.3 is 34.6 Å². The van der Waals surface area contributed by atoms with Crippen molar-refractivity contribution in [1.82, 2.24) is 0 Å². The molecule has 3 rings (SSSR count). The van der Waals surface area contributed by atoms with Crippen LogP contribution in [0.3, 0.4) is 0 Å². The molecule has 29 heavy (non-hydrogen) atoms. The summed E-state index contributed by atoms with van der Waals surface area (Å²) in [5.74, 6) is -3.75. The lowest BCUT2D eigenvalue weighted by Crippen LogP contribution is -2.23. The highest BCUT2D eigenvalue weighted by atomic mass is 16.6. The van der Waals surface area contributed by atoms with E-state index in [9.17, 15) is 24.6 Å². The van der Waals surface area contributed by atoms with E-state index < -0.39 is 42.8 Å². The number of aliphatic hydroxyl groups excluding tert-OH is 2. The molecule has 10 heteroatoms. The number of Topliss-reactive ketones (excluding diaryl/α,β-unsaturated/α-hetero) is 1. The molecule has 0 aromatic heterocycles. The predicted molar refractivity (Wildman–Crippen MR) is 94.0 cm³/mol. The van der Waals surface area contributed by atoms with Gasteiger partial charge in [-0.05, 0) is 17.7 Å². The third-order valence-electron chi connectivity index (χ3n) is 4.04. The number of carbonyl (C=O) groups is 3. The lowest BCUT2D eigenvalue weighted by atomic mass is 9.95. The van der Waals surface area contributed by atoms with E-state index in [1.54, 1.807) is 0 Å². The Morgan fingerprint density at radius 1 is 1.00 bits per heavy atom. The zero-order chi connectivity index (χ0) is 21.1. The summed E-state index contributed by atoms with van der Waals surface area (Å²) in [6, 6.07) is 6.24. The van der Waals surface area contributed by atoms with Gasteiger partial charge in [0.2, 0.25) is 0 Å². The van der Waals surface area contributed by atoms with Gasteiger partial charge in [0.15, 0.2) is 17.3 Å². The SMILES string of the molecule is O=C(CO)Oc1cc(OC(=O)CO)c2c(c1)OC(c1ccc(O)c(O)c1)CC2=O. The number of hydrogen-bond acceptors (Lipinski definition) is 10. The van der Waals surface area contributed by atoms with Gasteiger partial charge in [-0.1, -0.05) is 6.07 Å². The molecule has 0 bridgehead atoms. The third kappa shape index (κ3) is 4.28. The van der Waals surface area contributed by atoms with Gasteiger partial charge in [-0.25, -0.2) is 9.59 Å². The highest BCUT2D eigenvalue weighted by Crippen LogP contribution is 2.43. The summed E-state index contributed by atoms with van der Waals surface area (Å²) in [5, 5.41) is 36.9. The summed E-state index contributed by atoms with van der Waals surface area (Å²) in [7, 11) is 0. The maximum absolute atomic E-state index is 12.7.